The number of nitrogens with one attached hydrogen (secondary N) is 1. The molecule has 2 heterocycles. The summed E-state index contributed by atoms with van der Waals surface area (Å²) in [4.78, 5) is 27.3. The molecule has 0 radical (unpaired) electrons. The number of hydrogen-bond acceptors (Lipinski definition) is 5. The Morgan fingerprint density at radius 2 is 2.21 bits per heavy atom. The molecule has 0 saturated carbocycles. The minimum atomic E-state index is -0.272. The summed E-state index contributed by atoms with van der Waals surface area (Å²) in [5.74, 6) is 1.14. The fourth-order valence-electron chi connectivity index (χ4n) is 2.16. The second-order valence-electron chi connectivity index (χ2n) is 6.12. The average molecular weight is 349 g/mol. The van der Waals surface area contributed by atoms with E-state index in [4.69, 9.17) is 4.52 Å². The topological polar surface area (TPSA) is 75.4 Å². The van der Waals surface area contributed by atoms with Crippen molar-refractivity contribution in [2.45, 2.75) is 33.6 Å². The van der Waals surface area contributed by atoms with Crippen LogP contribution in [0.2, 0.25) is 0 Å². The van der Waals surface area contributed by atoms with Crippen molar-refractivity contribution in [3.05, 3.63) is 34.2 Å². The zero-order chi connectivity index (χ0) is 17.5. The van der Waals surface area contributed by atoms with Crippen molar-refractivity contribution in [2.24, 2.45) is 5.92 Å². The third-order valence-electron chi connectivity index (χ3n) is 3.46. The van der Waals surface area contributed by atoms with Gasteiger partial charge in [-0.1, -0.05) is 25.1 Å². The Hall–Kier alpha value is -2.15. The number of hydrogen-bond donors (Lipinski definition) is 1. The van der Waals surface area contributed by atoms with Crippen molar-refractivity contribution in [2.75, 3.05) is 18.4 Å². The largest absolute Gasteiger partial charge is 0.360 e. The van der Waals surface area contributed by atoms with Crippen LogP contribution in [0.5, 0.6) is 0 Å². The van der Waals surface area contributed by atoms with E-state index in [1.807, 2.05) is 17.5 Å². The molecule has 1 N–H and O–H groups in total. The Labute approximate surface area is 145 Å². The molecule has 2 aromatic heterocycles. The van der Waals surface area contributed by atoms with E-state index in [0.29, 0.717) is 30.5 Å². The molecule has 0 aliphatic carbocycles. The van der Waals surface area contributed by atoms with E-state index in [0.717, 1.165) is 11.3 Å². The summed E-state index contributed by atoms with van der Waals surface area (Å²) < 4.78 is 4.92. The summed E-state index contributed by atoms with van der Waals surface area (Å²) in [7, 11) is 0. The molecule has 7 heteroatoms. The molecular weight excluding hydrogens is 326 g/mol. The van der Waals surface area contributed by atoms with Crippen LogP contribution in [0.25, 0.3) is 0 Å². The molecule has 2 rings (SSSR count). The Morgan fingerprint density at radius 1 is 1.42 bits per heavy atom. The SMILES string of the molecule is Cc1cc(NC(=O)CN(CCC(C)C)C(=O)Cc2cccs2)no1. The van der Waals surface area contributed by atoms with Crippen LogP contribution < -0.4 is 5.32 Å². The van der Waals surface area contributed by atoms with E-state index in [-0.39, 0.29) is 18.4 Å². The van der Waals surface area contributed by atoms with Gasteiger partial charge in [0.25, 0.3) is 0 Å². The summed E-state index contributed by atoms with van der Waals surface area (Å²) in [5, 5.41) is 8.34. The highest BCUT2D eigenvalue weighted by molar-refractivity contribution is 7.10. The van der Waals surface area contributed by atoms with Crippen LogP contribution in [-0.2, 0) is 16.0 Å². The molecule has 0 saturated heterocycles. The van der Waals surface area contributed by atoms with E-state index >= 15 is 0 Å². The van der Waals surface area contributed by atoms with Crippen molar-refractivity contribution < 1.29 is 14.1 Å². The van der Waals surface area contributed by atoms with Gasteiger partial charge >= 0.3 is 0 Å². The highest BCUT2D eigenvalue weighted by atomic mass is 32.1. The smallest absolute Gasteiger partial charge is 0.245 e. The van der Waals surface area contributed by atoms with Crippen LogP contribution in [0.15, 0.2) is 28.1 Å². The normalized spacial score (nSPS) is 10.8. The lowest BCUT2D eigenvalue weighted by Gasteiger charge is -2.22. The molecule has 0 spiro atoms. The second kappa shape index (κ2) is 8.63. The summed E-state index contributed by atoms with van der Waals surface area (Å²) in [6.07, 6.45) is 1.18. The van der Waals surface area contributed by atoms with E-state index in [2.05, 4.69) is 24.3 Å². The van der Waals surface area contributed by atoms with Crippen LogP contribution in [-0.4, -0.2) is 35.0 Å². The van der Waals surface area contributed by atoms with Crippen LogP contribution in [0.3, 0.4) is 0 Å². The molecule has 0 aliphatic rings. The van der Waals surface area contributed by atoms with Gasteiger partial charge in [-0.2, -0.15) is 0 Å². The first kappa shape index (κ1) is 18.2. The molecule has 6 nitrogen and oxygen atoms in total. The maximum atomic E-state index is 12.5. The fraction of sp³-hybridized carbons (Fsp3) is 0.471. The number of amides is 2. The van der Waals surface area contributed by atoms with E-state index in [1.165, 1.54) is 0 Å². The van der Waals surface area contributed by atoms with Crippen molar-refractivity contribution >= 4 is 29.0 Å². The first-order valence-corrected chi connectivity index (χ1v) is 8.85. The van der Waals surface area contributed by atoms with E-state index in [9.17, 15) is 9.59 Å². The minimum absolute atomic E-state index is 0.0167. The number of aryl methyl sites for hydroxylation is 1. The number of rotatable bonds is 8. The Balaban J connectivity index is 1.96. The highest BCUT2D eigenvalue weighted by Crippen LogP contribution is 2.12. The Bertz CT molecular complexity index is 664. The molecule has 24 heavy (non-hydrogen) atoms. The van der Waals surface area contributed by atoms with E-state index in [1.54, 1.807) is 29.2 Å². The molecule has 0 unspecified atom stereocenters. The third kappa shape index (κ3) is 5.81. The van der Waals surface area contributed by atoms with Gasteiger partial charge in [-0.15, -0.1) is 11.3 Å². The number of carbonyl (C=O) groups excluding carboxylic acids is 2. The van der Waals surface area contributed by atoms with Gasteiger partial charge in [0.1, 0.15) is 5.76 Å². The zero-order valence-corrected chi connectivity index (χ0v) is 15.1. The maximum Gasteiger partial charge on any atom is 0.245 e. The van der Waals surface area contributed by atoms with Gasteiger partial charge in [0.15, 0.2) is 5.82 Å². The van der Waals surface area contributed by atoms with Crippen LogP contribution in [0.4, 0.5) is 5.82 Å². The number of aromatic nitrogens is 1. The highest BCUT2D eigenvalue weighted by Gasteiger charge is 2.19. The molecule has 2 aromatic rings. The fourth-order valence-corrected chi connectivity index (χ4v) is 2.86. The Morgan fingerprint density at radius 3 is 2.79 bits per heavy atom. The van der Waals surface area contributed by atoms with Crippen molar-refractivity contribution in [3.63, 3.8) is 0 Å². The predicted molar refractivity (Wildman–Crippen MR) is 93.9 cm³/mol. The van der Waals surface area contributed by atoms with Crippen LogP contribution in [0, 0.1) is 12.8 Å². The van der Waals surface area contributed by atoms with Gasteiger partial charge in [0.2, 0.25) is 11.8 Å². The lowest BCUT2D eigenvalue weighted by Crippen LogP contribution is -2.39. The minimum Gasteiger partial charge on any atom is -0.360 e. The van der Waals surface area contributed by atoms with Gasteiger partial charge in [0, 0.05) is 17.5 Å². The molecule has 0 bridgehead atoms. The summed E-state index contributed by atoms with van der Waals surface area (Å²) in [6.45, 7) is 6.53. The molecular formula is C17H23N3O3S. The first-order chi connectivity index (χ1) is 11.4. The van der Waals surface area contributed by atoms with E-state index < -0.39 is 0 Å². The zero-order valence-electron chi connectivity index (χ0n) is 14.2. The quantitative estimate of drug-likeness (QED) is 0.794. The third-order valence-corrected chi connectivity index (χ3v) is 4.34. The molecule has 0 atom stereocenters. The molecule has 0 aliphatic heterocycles. The first-order valence-electron chi connectivity index (χ1n) is 7.97. The number of anilines is 1. The standard InChI is InChI=1S/C17H23N3O3S/c1-12(2)6-7-20(17(22)10-14-5-4-8-24-14)11-16(21)18-15-9-13(3)23-19-15/h4-5,8-9,12H,6-7,10-11H2,1-3H3,(H,18,19,21). The van der Waals surface area contributed by atoms with Gasteiger partial charge in [0.05, 0.1) is 13.0 Å². The molecule has 2 amide bonds. The average Bonchev–Trinajstić information content (AvgIpc) is 3.15. The monoisotopic (exact) mass is 349 g/mol. The van der Waals surface area contributed by atoms with Crippen molar-refractivity contribution in [3.8, 4) is 0 Å². The number of thiophene rings is 1. The van der Waals surface area contributed by atoms with Crippen molar-refractivity contribution in [1.29, 1.82) is 0 Å². The summed E-state index contributed by atoms with van der Waals surface area (Å²) >= 11 is 1.55. The molecule has 0 aromatic carbocycles. The lowest BCUT2D eigenvalue weighted by molar-refractivity contribution is -0.134. The molecule has 0 fully saturated rings. The van der Waals surface area contributed by atoms with Crippen LogP contribution in [0.1, 0.15) is 30.9 Å². The van der Waals surface area contributed by atoms with Crippen molar-refractivity contribution in [1.82, 2.24) is 10.1 Å². The lowest BCUT2D eigenvalue weighted by atomic mass is 10.1. The summed E-state index contributed by atoms with van der Waals surface area (Å²) in [6, 6.07) is 5.50. The summed E-state index contributed by atoms with van der Waals surface area (Å²) in [5.41, 5.74) is 0. The van der Waals surface area contributed by atoms with Gasteiger partial charge in [-0.25, -0.2) is 0 Å². The second-order valence-corrected chi connectivity index (χ2v) is 7.16. The Kier molecular flexibility index (Phi) is 6.54. The molecule has 130 valence electrons. The van der Waals surface area contributed by atoms with Crippen LogP contribution >= 0.6 is 11.3 Å². The van der Waals surface area contributed by atoms with Gasteiger partial charge in [-0.05, 0) is 30.7 Å². The van der Waals surface area contributed by atoms with Gasteiger partial charge < -0.3 is 14.7 Å². The predicted octanol–water partition coefficient (Wildman–Crippen LogP) is 3.10. The number of nitrogens with zero attached hydrogens (tertiary/aromatic N) is 2. The number of carbonyl (C=O) groups is 2. The maximum absolute atomic E-state index is 12.5. The van der Waals surface area contributed by atoms with Gasteiger partial charge in [-0.3, -0.25) is 9.59 Å².